The minimum Gasteiger partial charge on any atom is -0.497 e. The minimum atomic E-state index is -0.326. The highest BCUT2D eigenvalue weighted by Gasteiger charge is 2.19. The second-order valence-electron chi connectivity index (χ2n) is 7.75. The highest BCUT2D eigenvalue weighted by atomic mass is 35.5. The number of nitrogens with one attached hydrogen (secondary N) is 1. The van der Waals surface area contributed by atoms with Crippen molar-refractivity contribution in [1.29, 1.82) is 5.26 Å². The Balaban J connectivity index is 0.00000363. The molecule has 2 aromatic rings. The van der Waals surface area contributed by atoms with E-state index in [0.29, 0.717) is 13.0 Å². The van der Waals surface area contributed by atoms with Crippen LogP contribution < -0.4 is 15.0 Å². The summed E-state index contributed by atoms with van der Waals surface area (Å²) in [5, 5.41) is 12.3. The molecule has 3 rings (SSSR count). The molecule has 1 amide bonds. The molecule has 32 heavy (non-hydrogen) atoms. The molecule has 170 valence electrons. The van der Waals surface area contributed by atoms with Gasteiger partial charge in [-0.3, -0.25) is 4.79 Å². The molecule has 1 aliphatic rings. The molecule has 0 spiro atoms. The highest BCUT2D eigenvalue weighted by molar-refractivity contribution is 5.97. The van der Waals surface area contributed by atoms with Gasteiger partial charge >= 0.3 is 0 Å². The average molecular weight is 455 g/mol. The Morgan fingerprint density at radius 2 is 1.81 bits per heavy atom. The first-order valence-corrected chi connectivity index (χ1v) is 10.6. The molecule has 0 saturated carbocycles. The van der Waals surface area contributed by atoms with E-state index in [1.54, 1.807) is 13.3 Å². The lowest BCUT2D eigenvalue weighted by molar-refractivity contribution is -0.117. The molecule has 6 nitrogen and oxygen atoms in total. The molecule has 1 heterocycles. The van der Waals surface area contributed by atoms with Crippen molar-refractivity contribution in [3.8, 4) is 11.8 Å². The second-order valence-corrected chi connectivity index (χ2v) is 7.75. The van der Waals surface area contributed by atoms with Crippen LogP contribution in [0, 0.1) is 25.2 Å². The van der Waals surface area contributed by atoms with E-state index in [9.17, 15) is 10.1 Å². The number of amides is 1. The summed E-state index contributed by atoms with van der Waals surface area (Å²) in [5.41, 5.74) is 5.11. The fraction of sp³-hybridized carbons (Fsp3) is 0.360. The van der Waals surface area contributed by atoms with Crippen molar-refractivity contribution in [3.63, 3.8) is 0 Å². The standard InChI is InChI=1S/C25H30N4O2.ClH/c1-19-5-4-6-24(20(19)2)29-15-13-28(14-16-29)18-22(17-26)25(30)27-12-11-21-7-9-23(31-3)10-8-21;/h4-10,18H,11-16H2,1-3H3,(H,27,30);1H/b22-18-;. The number of nitriles is 1. The smallest absolute Gasteiger partial charge is 0.263 e. The molecule has 0 atom stereocenters. The fourth-order valence-corrected chi connectivity index (χ4v) is 3.70. The molecule has 0 bridgehead atoms. The number of rotatable bonds is 7. The Morgan fingerprint density at radius 3 is 2.44 bits per heavy atom. The van der Waals surface area contributed by atoms with Gasteiger partial charge in [-0.1, -0.05) is 24.3 Å². The van der Waals surface area contributed by atoms with E-state index in [4.69, 9.17) is 4.74 Å². The number of piperazine rings is 1. The SMILES string of the molecule is COc1ccc(CCNC(=O)/C(C#N)=C\N2CCN(c3cccc(C)c3C)CC2)cc1.Cl. The van der Waals surface area contributed by atoms with Crippen LogP contribution >= 0.6 is 12.4 Å². The van der Waals surface area contributed by atoms with E-state index < -0.39 is 0 Å². The first kappa shape index (κ1) is 25.1. The van der Waals surface area contributed by atoms with Crippen LogP contribution in [-0.4, -0.2) is 50.6 Å². The van der Waals surface area contributed by atoms with E-state index in [1.807, 2.05) is 30.3 Å². The molecule has 1 N–H and O–H groups in total. The molecule has 2 aromatic carbocycles. The zero-order valence-electron chi connectivity index (χ0n) is 18.9. The van der Waals surface area contributed by atoms with Gasteiger partial charge in [0, 0.05) is 44.6 Å². The predicted molar refractivity (Wildman–Crippen MR) is 130 cm³/mol. The molecule has 0 aromatic heterocycles. The van der Waals surface area contributed by atoms with Gasteiger partial charge in [-0.25, -0.2) is 0 Å². The van der Waals surface area contributed by atoms with Crippen LogP contribution in [0.5, 0.6) is 5.75 Å². The lowest BCUT2D eigenvalue weighted by Crippen LogP contribution is -2.44. The van der Waals surface area contributed by atoms with Gasteiger partial charge in [-0.15, -0.1) is 12.4 Å². The molecule has 0 radical (unpaired) electrons. The summed E-state index contributed by atoms with van der Waals surface area (Å²) >= 11 is 0. The zero-order valence-corrected chi connectivity index (χ0v) is 19.7. The molecule has 1 fully saturated rings. The Morgan fingerprint density at radius 1 is 1.12 bits per heavy atom. The number of halogens is 1. The maximum atomic E-state index is 12.4. The third kappa shape index (κ3) is 6.41. The quantitative estimate of drug-likeness (QED) is 0.511. The summed E-state index contributed by atoms with van der Waals surface area (Å²) in [6, 6.07) is 16.2. The van der Waals surface area contributed by atoms with Gasteiger partial charge in [-0.2, -0.15) is 5.26 Å². The van der Waals surface area contributed by atoms with E-state index in [-0.39, 0.29) is 23.9 Å². The summed E-state index contributed by atoms with van der Waals surface area (Å²) in [6.07, 6.45) is 2.39. The van der Waals surface area contributed by atoms with E-state index in [0.717, 1.165) is 37.5 Å². The van der Waals surface area contributed by atoms with Crippen LogP contribution in [-0.2, 0) is 11.2 Å². The largest absolute Gasteiger partial charge is 0.497 e. The van der Waals surface area contributed by atoms with Gasteiger partial charge in [0.25, 0.3) is 5.91 Å². The Bertz CT molecular complexity index is 974. The summed E-state index contributed by atoms with van der Waals surface area (Å²) in [4.78, 5) is 16.9. The van der Waals surface area contributed by atoms with Gasteiger partial charge in [-0.05, 0) is 55.2 Å². The Hall–Kier alpha value is -3.17. The first-order chi connectivity index (χ1) is 15.0. The number of carbonyl (C=O) groups excluding carboxylic acids is 1. The molecule has 0 aliphatic carbocycles. The number of anilines is 1. The monoisotopic (exact) mass is 454 g/mol. The number of methoxy groups -OCH3 is 1. The average Bonchev–Trinajstić information content (AvgIpc) is 2.80. The normalized spacial score (nSPS) is 13.8. The minimum absolute atomic E-state index is 0. The molecular weight excluding hydrogens is 424 g/mol. The first-order valence-electron chi connectivity index (χ1n) is 10.6. The maximum absolute atomic E-state index is 12.4. The van der Waals surface area contributed by atoms with Crippen molar-refractivity contribution in [2.24, 2.45) is 0 Å². The number of hydrogen-bond acceptors (Lipinski definition) is 5. The zero-order chi connectivity index (χ0) is 22.2. The van der Waals surface area contributed by atoms with Crippen LogP contribution in [0.1, 0.15) is 16.7 Å². The summed E-state index contributed by atoms with van der Waals surface area (Å²) < 4.78 is 5.15. The molecule has 0 unspecified atom stereocenters. The lowest BCUT2D eigenvalue weighted by atomic mass is 10.1. The van der Waals surface area contributed by atoms with Crippen LogP contribution in [0.25, 0.3) is 0 Å². The number of hydrogen-bond donors (Lipinski definition) is 1. The van der Waals surface area contributed by atoms with Gasteiger partial charge < -0.3 is 19.9 Å². The van der Waals surface area contributed by atoms with Crippen molar-refractivity contribution in [1.82, 2.24) is 10.2 Å². The highest BCUT2D eigenvalue weighted by Crippen LogP contribution is 2.24. The van der Waals surface area contributed by atoms with Crippen molar-refractivity contribution in [2.45, 2.75) is 20.3 Å². The van der Waals surface area contributed by atoms with Crippen molar-refractivity contribution < 1.29 is 9.53 Å². The molecule has 7 heteroatoms. The van der Waals surface area contributed by atoms with Crippen molar-refractivity contribution >= 4 is 24.0 Å². The van der Waals surface area contributed by atoms with Crippen molar-refractivity contribution in [2.75, 3.05) is 44.7 Å². The van der Waals surface area contributed by atoms with Crippen molar-refractivity contribution in [3.05, 3.63) is 70.9 Å². The molecular formula is C25H31ClN4O2. The number of nitrogens with zero attached hydrogens (tertiary/aromatic N) is 3. The summed E-state index contributed by atoms with van der Waals surface area (Å²) in [6.45, 7) is 8.03. The van der Waals surface area contributed by atoms with Gasteiger partial charge in [0.2, 0.25) is 0 Å². The summed E-state index contributed by atoms with van der Waals surface area (Å²) in [5.74, 6) is 0.480. The number of carbonyl (C=O) groups is 1. The van der Waals surface area contributed by atoms with E-state index in [1.165, 1.54) is 16.8 Å². The van der Waals surface area contributed by atoms with Crippen LogP contribution in [0.15, 0.2) is 54.2 Å². The number of ether oxygens (including phenoxy) is 1. The van der Waals surface area contributed by atoms with Gasteiger partial charge in [0.1, 0.15) is 17.4 Å². The second kappa shape index (κ2) is 12.0. The molecule has 1 saturated heterocycles. The van der Waals surface area contributed by atoms with Crippen LogP contribution in [0.2, 0.25) is 0 Å². The van der Waals surface area contributed by atoms with E-state index >= 15 is 0 Å². The number of aryl methyl sites for hydroxylation is 1. The molecule has 1 aliphatic heterocycles. The summed E-state index contributed by atoms with van der Waals surface area (Å²) in [7, 11) is 1.63. The van der Waals surface area contributed by atoms with Gasteiger partial charge in [0.05, 0.1) is 7.11 Å². The van der Waals surface area contributed by atoms with Crippen LogP contribution in [0.3, 0.4) is 0 Å². The fourth-order valence-electron chi connectivity index (χ4n) is 3.70. The van der Waals surface area contributed by atoms with Crippen LogP contribution in [0.4, 0.5) is 5.69 Å². The predicted octanol–water partition coefficient (Wildman–Crippen LogP) is 3.62. The third-order valence-corrected chi connectivity index (χ3v) is 5.77. The Kier molecular flexibility index (Phi) is 9.42. The maximum Gasteiger partial charge on any atom is 0.263 e. The van der Waals surface area contributed by atoms with E-state index in [2.05, 4.69) is 47.2 Å². The third-order valence-electron chi connectivity index (χ3n) is 5.77. The van der Waals surface area contributed by atoms with Gasteiger partial charge in [0.15, 0.2) is 0 Å². The topological polar surface area (TPSA) is 68.6 Å². The number of benzene rings is 2. The lowest BCUT2D eigenvalue weighted by Gasteiger charge is -2.36. The Labute approximate surface area is 196 Å².